The van der Waals surface area contributed by atoms with E-state index in [1.807, 2.05) is 0 Å². The van der Waals surface area contributed by atoms with Crippen molar-refractivity contribution in [3.05, 3.63) is 0 Å². The summed E-state index contributed by atoms with van der Waals surface area (Å²) in [4.78, 5) is 13.6. The van der Waals surface area contributed by atoms with Gasteiger partial charge in [0.15, 0.2) is 0 Å². The minimum absolute atomic E-state index is 0.0773. The molecule has 3 rings (SSSR count). The minimum atomic E-state index is -0.593. The Bertz CT molecular complexity index is 339. The van der Waals surface area contributed by atoms with Gasteiger partial charge >= 0.3 is 5.97 Å². The van der Waals surface area contributed by atoms with E-state index in [-0.39, 0.29) is 5.92 Å². The zero-order valence-electron chi connectivity index (χ0n) is 12.4. The van der Waals surface area contributed by atoms with Crippen molar-refractivity contribution in [2.45, 2.75) is 63.5 Å². The molecule has 0 amide bonds. The topological polar surface area (TPSA) is 52.6 Å². The van der Waals surface area contributed by atoms with Gasteiger partial charge < -0.3 is 10.4 Å². The standard InChI is InChI=1S/C16H28N2O2/c19-16(20)13-6-4-12(5-7-13)11-17-14-8-10-18-9-2-1-3-15(14)18/h12-15,17H,1-11H2,(H,19,20). The molecule has 2 aliphatic heterocycles. The molecule has 2 heterocycles. The summed E-state index contributed by atoms with van der Waals surface area (Å²) in [5, 5.41) is 12.8. The fourth-order valence-electron chi connectivity index (χ4n) is 4.42. The lowest BCUT2D eigenvalue weighted by Gasteiger charge is -2.34. The molecule has 114 valence electrons. The maximum atomic E-state index is 11.0. The summed E-state index contributed by atoms with van der Waals surface area (Å²) in [7, 11) is 0. The molecule has 2 N–H and O–H groups in total. The molecule has 20 heavy (non-hydrogen) atoms. The second-order valence-electron chi connectivity index (χ2n) is 6.96. The van der Waals surface area contributed by atoms with Gasteiger partial charge in [-0.05, 0) is 64.0 Å². The van der Waals surface area contributed by atoms with Crippen LogP contribution in [0.2, 0.25) is 0 Å². The number of carboxylic acids is 1. The minimum Gasteiger partial charge on any atom is -0.481 e. The maximum absolute atomic E-state index is 11.0. The van der Waals surface area contributed by atoms with Gasteiger partial charge in [0, 0.05) is 18.6 Å². The number of carbonyl (C=O) groups is 1. The van der Waals surface area contributed by atoms with Crippen molar-refractivity contribution in [3.63, 3.8) is 0 Å². The second-order valence-corrected chi connectivity index (χ2v) is 6.96. The van der Waals surface area contributed by atoms with Crippen LogP contribution in [0.3, 0.4) is 0 Å². The molecule has 2 atom stereocenters. The monoisotopic (exact) mass is 280 g/mol. The van der Waals surface area contributed by atoms with Crippen molar-refractivity contribution in [2.75, 3.05) is 19.6 Å². The summed E-state index contributed by atoms with van der Waals surface area (Å²) in [5.74, 6) is 0.0276. The quantitative estimate of drug-likeness (QED) is 0.828. The van der Waals surface area contributed by atoms with Crippen LogP contribution in [0.15, 0.2) is 0 Å². The zero-order chi connectivity index (χ0) is 13.9. The molecule has 0 spiro atoms. The average Bonchev–Trinajstić information content (AvgIpc) is 2.89. The number of aliphatic carboxylic acids is 1. The highest BCUT2D eigenvalue weighted by atomic mass is 16.4. The first kappa shape index (κ1) is 14.3. The summed E-state index contributed by atoms with van der Waals surface area (Å²) in [5.41, 5.74) is 0. The van der Waals surface area contributed by atoms with Crippen LogP contribution in [0.1, 0.15) is 51.4 Å². The number of hydrogen-bond acceptors (Lipinski definition) is 3. The highest BCUT2D eigenvalue weighted by molar-refractivity contribution is 5.69. The second kappa shape index (κ2) is 6.44. The molecule has 1 aliphatic carbocycles. The van der Waals surface area contributed by atoms with Crippen molar-refractivity contribution in [3.8, 4) is 0 Å². The van der Waals surface area contributed by atoms with Crippen LogP contribution in [0.4, 0.5) is 0 Å². The van der Waals surface area contributed by atoms with E-state index in [2.05, 4.69) is 10.2 Å². The molecule has 0 aromatic heterocycles. The van der Waals surface area contributed by atoms with Gasteiger partial charge in [0.1, 0.15) is 0 Å². The van der Waals surface area contributed by atoms with Crippen molar-refractivity contribution in [2.24, 2.45) is 11.8 Å². The zero-order valence-corrected chi connectivity index (χ0v) is 12.4. The van der Waals surface area contributed by atoms with Crippen LogP contribution < -0.4 is 5.32 Å². The molecule has 0 radical (unpaired) electrons. The summed E-state index contributed by atoms with van der Waals surface area (Å²) < 4.78 is 0. The molecule has 3 aliphatic rings. The fraction of sp³-hybridized carbons (Fsp3) is 0.938. The molecule has 0 bridgehead atoms. The van der Waals surface area contributed by atoms with Gasteiger partial charge in [-0.25, -0.2) is 0 Å². The molecular formula is C16H28N2O2. The number of nitrogens with zero attached hydrogens (tertiary/aromatic N) is 1. The van der Waals surface area contributed by atoms with Gasteiger partial charge in [-0.1, -0.05) is 6.42 Å². The molecule has 3 fully saturated rings. The predicted molar refractivity (Wildman–Crippen MR) is 78.7 cm³/mol. The van der Waals surface area contributed by atoms with Crippen LogP contribution in [0.25, 0.3) is 0 Å². The molecule has 1 saturated carbocycles. The summed E-state index contributed by atoms with van der Waals surface area (Å²) in [6, 6.07) is 1.46. The fourth-order valence-corrected chi connectivity index (χ4v) is 4.42. The maximum Gasteiger partial charge on any atom is 0.306 e. The van der Waals surface area contributed by atoms with Crippen LogP contribution >= 0.6 is 0 Å². The molecule has 0 aromatic carbocycles. The summed E-state index contributed by atoms with van der Waals surface area (Å²) in [6.07, 6.45) is 9.37. The molecule has 0 aromatic rings. The van der Waals surface area contributed by atoms with E-state index in [1.165, 1.54) is 38.8 Å². The van der Waals surface area contributed by atoms with E-state index in [0.29, 0.717) is 12.0 Å². The third-order valence-electron chi connectivity index (χ3n) is 5.72. The summed E-state index contributed by atoms with van der Waals surface area (Å²) in [6.45, 7) is 3.67. The third kappa shape index (κ3) is 3.17. The Labute approximate surface area is 121 Å². The van der Waals surface area contributed by atoms with Crippen molar-refractivity contribution >= 4 is 5.97 Å². The first-order valence-corrected chi connectivity index (χ1v) is 8.44. The van der Waals surface area contributed by atoms with E-state index < -0.39 is 5.97 Å². The predicted octanol–water partition coefficient (Wildman–Crippen LogP) is 2.09. The van der Waals surface area contributed by atoms with Crippen LogP contribution in [0.5, 0.6) is 0 Å². The smallest absolute Gasteiger partial charge is 0.306 e. The molecule has 2 saturated heterocycles. The molecule has 4 nitrogen and oxygen atoms in total. The first-order valence-electron chi connectivity index (χ1n) is 8.44. The first-order chi connectivity index (χ1) is 9.74. The van der Waals surface area contributed by atoms with Crippen LogP contribution in [-0.2, 0) is 4.79 Å². The van der Waals surface area contributed by atoms with Crippen LogP contribution in [-0.4, -0.2) is 47.7 Å². The van der Waals surface area contributed by atoms with Gasteiger partial charge in [0.25, 0.3) is 0 Å². The van der Waals surface area contributed by atoms with Gasteiger partial charge in [0.05, 0.1) is 5.92 Å². The van der Waals surface area contributed by atoms with Crippen molar-refractivity contribution in [1.82, 2.24) is 10.2 Å². The molecular weight excluding hydrogens is 252 g/mol. The van der Waals surface area contributed by atoms with Crippen molar-refractivity contribution in [1.29, 1.82) is 0 Å². The normalized spacial score (nSPS) is 38.6. The Morgan fingerprint density at radius 2 is 1.85 bits per heavy atom. The lowest BCUT2D eigenvalue weighted by molar-refractivity contribution is -0.143. The largest absolute Gasteiger partial charge is 0.481 e. The Hall–Kier alpha value is -0.610. The molecule has 4 heteroatoms. The third-order valence-corrected chi connectivity index (χ3v) is 5.72. The number of nitrogens with one attached hydrogen (secondary N) is 1. The van der Waals surface area contributed by atoms with Gasteiger partial charge in [-0.2, -0.15) is 0 Å². The Kier molecular flexibility index (Phi) is 4.61. The Morgan fingerprint density at radius 3 is 2.60 bits per heavy atom. The van der Waals surface area contributed by atoms with Gasteiger partial charge in [-0.15, -0.1) is 0 Å². The van der Waals surface area contributed by atoms with Crippen molar-refractivity contribution < 1.29 is 9.90 Å². The lowest BCUT2D eigenvalue weighted by atomic mass is 9.82. The Morgan fingerprint density at radius 1 is 1.05 bits per heavy atom. The molecule has 2 unspecified atom stereocenters. The average molecular weight is 280 g/mol. The van der Waals surface area contributed by atoms with Gasteiger partial charge in [-0.3, -0.25) is 9.69 Å². The highest BCUT2D eigenvalue weighted by Gasteiger charge is 2.35. The van der Waals surface area contributed by atoms with E-state index >= 15 is 0 Å². The van der Waals surface area contributed by atoms with E-state index in [1.54, 1.807) is 0 Å². The number of fused-ring (bicyclic) bond motifs is 1. The Balaban J connectivity index is 1.41. The number of carboxylic acid groups (broad SMARTS) is 1. The van der Waals surface area contributed by atoms with E-state index in [4.69, 9.17) is 5.11 Å². The number of rotatable bonds is 4. The summed E-state index contributed by atoms with van der Waals surface area (Å²) >= 11 is 0. The highest BCUT2D eigenvalue weighted by Crippen LogP contribution is 2.30. The van der Waals surface area contributed by atoms with E-state index in [0.717, 1.165) is 38.3 Å². The van der Waals surface area contributed by atoms with Crippen LogP contribution in [0, 0.1) is 11.8 Å². The number of piperidine rings is 1. The number of hydrogen-bond donors (Lipinski definition) is 2. The SMILES string of the molecule is O=C(O)C1CCC(CNC2CCN3CCCCC23)CC1. The lowest BCUT2D eigenvalue weighted by Crippen LogP contribution is -2.46. The van der Waals surface area contributed by atoms with E-state index in [9.17, 15) is 4.79 Å². The van der Waals surface area contributed by atoms with Gasteiger partial charge in [0.2, 0.25) is 0 Å².